The summed E-state index contributed by atoms with van der Waals surface area (Å²) >= 11 is 3.54. The molecule has 0 spiro atoms. The van der Waals surface area contributed by atoms with E-state index in [1.165, 1.54) is 77.0 Å². The Kier molecular flexibility index (Phi) is 14.4. The largest absolute Gasteiger partial charge is 0.465 e. The SMILES string of the molecule is CCCCCCCCCCCCCCCCC1(C(=O)OCC)C=C(Br)N=C(c2ccccn2)C1. The Morgan fingerprint density at radius 3 is 2.03 bits per heavy atom. The van der Waals surface area contributed by atoms with Crippen LogP contribution >= 0.6 is 15.9 Å². The number of carbonyl (C=O) groups is 1. The summed E-state index contributed by atoms with van der Waals surface area (Å²) in [4.78, 5) is 22.1. The predicted molar refractivity (Wildman–Crippen MR) is 146 cm³/mol. The highest BCUT2D eigenvalue weighted by atomic mass is 79.9. The average molecular weight is 534 g/mol. The number of halogens is 1. The van der Waals surface area contributed by atoms with E-state index in [0.29, 0.717) is 17.6 Å². The van der Waals surface area contributed by atoms with Gasteiger partial charge >= 0.3 is 5.97 Å². The van der Waals surface area contributed by atoms with E-state index >= 15 is 0 Å². The number of hydrogen-bond donors (Lipinski definition) is 0. The maximum Gasteiger partial charge on any atom is 0.316 e. The van der Waals surface area contributed by atoms with Crippen molar-refractivity contribution in [3.63, 3.8) is 0 Å². The van der Waals surface area contributed by atoms with Crippen LogP contribution < -0.4 is 0 Å². The molecule has 0 bridgehead atoms. The van der Waals surface area contributed by atoms with Gasteiger partial charge in [-0.05, 0) is 47.5 Å². The van der Waals surface area contributed by atoms with Gasteiger partial charge in [-0.3, -0.25) is 9.78 Å². The molecule has 1 aromatic rings. The number of ether oxygens (including phenoxy) is 1. The van der Waals surface area contributed by atoms with Crippen molar-refractivity contribution in [2.24, 2.45) is 10.4 Å². The number of unbranched alkanes of at least 4 members (excludes halogenated alkanes) is 13. The molecule has 1 aromatic heterocycles. The fourth-order valence-electron chi connectivity index (χ4n) is 4.76. The molecule has 1 unspecified atom stereocenters. The second kappa shape index (κ2) is 17.0. The zero-order chi connectivity index (χ0) is 24.5. The molecular weight excluding hydrogens is 488 g/mol. The van der Waals surface area contributed by atoms with Gasteiger partial charge in [0, 0.05) is 12.6 Å². The van der Waals surface area contributed by atoms with Gasteiger partial charge in [0.1, 0.15) is 4.61 Å². The van der Waals surface area contributed by atoms with Crippen molar-refractivity contribution in [2.45, 2.75) is 117 Å². The first-order chi connectivity index (χ1) is 16.6. The van der Waals surface area contributed by atoms with E-state index < -0.39 is 5.41 Å². The fourth-order valence-corrected chi connectivity index (χ4v) is 5.42. The molecule has 0 saturated heterocycles. The van der Waals surface area contributed by atoms with Crippen LogP contribution in [0.4, 0.5) is 0 Å². The summed E-state index contributed by atoms with van der Waals surface area (Å²) < 4.78 is 6.20. The molecule has 1 aliphatic heterocycles. The van der Waals surface area contributed by atoms with Gasteiger partial charge in [-0.2, -0.15) is 0 Å². The van der Waals surface area contributed by atoms with Crippen LogP contribution in [0.1, 0.15) is 122 Å². The van der Waals surface area contributed by atoms with Crippen LogP contribution in [0.2, 0.25) is 0 Å². The van der Waals surface area contributed by atoms with E-state index in [4.69, 9.17) is 4.74 Å². The van der Waals surface area contributed by atoms with E-state index in [-0.39, 0.29) is 5.97 Å². The molecule has 0 N–H and O–H groups in total. The van der Waals surface area contributed by atoms with Crippen molar-refractivity contribution in [2.75, 3.05) is 6.61 Å². The van der Waals surface area contributed by atoms with Crippen molar-refractivity contribution < 1.29 is 9.53 Å². The second-order valence-electron chi connectivity index (χ2n) is 9.64. The van der Waals surface area contributed by atoms with Crippen molar-refractivity contribution in [3.8, 4) is 0 Å². The van der Waals surface area contributed by atoms with Gasteiger partial charge in [0.25, 0.3) is 0 Å². The Morgan fingerprint density at radius 1 is 0.912 bits per heavy atom. The first kappa shape index (κ1) is 28.7. The summed E-state index contributed by atoms with van der Waals surface area (Å²) in [5.74, 6) is -0.148. The number of esters is 1. The van der Waals surface area contributed by atoms with E-state index in [1.54, 1.807) is 6.20 Å². The molecular formula is C29H45BrN2O2. The van der Waals surface area contributed by atoms with Gasteiger partial charge in [0.15, 0.2) is 0 Å². The maximum atomic E-state index is 13.0. The topological polar surface area (TPSA) is 51.5 Å². The van der Waals surface area contributed by atoms with Crippen LogP contribution in [0.25, 0.3) is 0 Å². The number of rotatable bonds is 18. The van der Waals surface area contributed by atoms with Gasteiger partial charge in [-0.25, -0.2) is 4.99 Å². The Bertz CT molecular complexity index is 763. The van der Waals surface area contributed by atoms with Crippen LogP contribution in [0.3, 0.4) is 0 Å². The van der Waals surface area contributed by atoms with Crippen molar-refractivity contribution in [1.82, 2.24) is 4.98 Å². The fraction of sp³-hybridized carbons (Fsp3) is 0.690. The van der Waals surface area contributed by atoms with Crippen LogP contribution in [-0.2, 0) is 9.53 Å². The van der Waals surface area contributed by atoms with Gasteiger partial charge in [-0.1, -0.05) is 103 Å². The number of carbonyl (C=O) groups excluding carboxylic acids is 1. The number of aliphatic imine (C=N–C) groups is 1. The van der Waals surface area contributed by atoms with E-state index in [9.17, 15) is 4.79 Å². The van der Waals surface area contributed by atoms with Gasteiger partial charge in [0.05, 0.1) is 23.4 Å². The molecule has 4 nitrogen and oxygen atoms in total. The van der Waals surface area contributed by atoms with Crippen LogP contribution in [0.15, 0.2) is 40.1 Å². The summed E-state index contributed by atoms with van der Waals surface area (Å²) in [5, 5.41) is 0. The monoisotopic (exact) mass is 532 g/mol. The Balaban J connectivity index is 1.71. The molecule has 0 aromatic carbocycles. The lowest BCUT2D eigenvalue weighted by Crippen LogP contribution is -2.36. The zero-order valence-corrected chi connectivity index (χ0v) is 23.1. The van der Waals surface area contributed by atoms with E-state index in [2.05, 4.69) is 32.8 Å². The Labute approximate surface area is 216 Å². The molecule has 1 atom stereocenters. The summed E-state index contributed by atoms with van der Waals surface area (Å²) in [6, 6.07) is 5.80. The lowest BCUT2D eigenvalue weighted by atomic mass is 9.76. The lowest BCUT2D eigenvalue weighted by molar-refractivity contribution is -0.152. The molecule has 190 valence electrons. The van der Waals surface area contributed by atoms with Crippen LogP contribution in [0.5, 0.6) is 0 Å². The molecule has 34 heavy (non-hydrogen) atoms. The number of hydrogen-bond acceptors (Lipinski definition) is 4. The highest BCUT2D eigenvalue weighted by Gasteiger charge is 2.41. The molecule has 0 fully saturated rings. The minimum atomic E-state index is -0.666. The van der Waals surface area contributed by atoms with Gasteiger partial charge in [0.2, 0.25) is 0 Å². The molecule has 1 aliphatic rings. The maximum absolute atomic E-state index is 13.0. The predicted octanol–water partition coefficient (Wildman–Crippen LogP) is 8.93. The highest BCUT2D eigenvalue weighted by Crippen LogP contribution is 2.40. The average Bonchev–Trinajstić information content (AvgIpc) is 2.84. The normalized spacial score (nSPS) is 17.9. The third-order valence-electron chi connectivity index (χ3n) is 6.74. The number of aromatic nitrogens is 1. The Morgan fingerprint density at radius 2 is 1.50 bits per heavy atom. The second-order valence-corrected chi connectivity index (χ2v) is 10.5. The first-order valence-electron chi connectivity index (χ1n) is 13.7. The number of nitrogens with zero attached hydrogens (tertiary/aromatic N) is 2. The number of pyridine rings is 1. The third kappa shape index (κ3) is 10.4. The van der Waals surface area contributed by atoms with Crippen molar-refractivity contribution in [3.05, 3.63) is 40.8 Å². The quantitative estimate of drug-likeness (QED) is 0.108. The van der Waals surface area contributed by atoms with Crippen LogP contribution in [-0.4, -0.2) is 23.3 Å². The standard InChI is InChI=1S/C29H45BrN2O2/c1-3-5-6-7-8-9-10-11-12-13-14-15-16-18-21-29(28(33)34-4-2)23-26(32-27(30)24-29)25-20-17-19-22-31-25/h17,19-20,22,24H,3-16,18,21,23H2,1-2H3. The molecule has 0 amide bonds. The minimum absolute atomic E-state index is 0.148. The molecule has 2 heterocycles. The lowest BCUT2D eigenvalue weighted by Gasteiger charge is -2.31. The summed E-state index contributed by atoms with van der Waals surface area (Å²) in [6.45, 7) is 4.53. The van der Waals surface area contributed by atoms with Crippen molar-refractivity contribution in [1.29, 1.82) is 0 Å². The summed E-state index contributed by atoms with van der Waals surface area (Å²) in [6.07, 6.45) is 23.6. The molecule has 0 radical (unpaired) electrons. The molecule has 0 saturated carbocycles. The molecule has 0 aliphatic carbocycles. The van der Waals surface area contributed by atoms with Gasteiger partial charge in [-0.15, -0.1) is 0 Å². The van der Waals surface area contributed by atoms with Crippen molar-refractivity contribution >= 4 is 27.6 Å². The summed E-state index contributed by atoms with van der Waals surface area (Å²) in [5.41, 5.74) is 0.996. The smallest absolute Gasteiger partial charge is 0.316 e. The van der Waals surface area contributed by atoms with E-state index in [1.807, 2.05) is 31.2 Å². The summed E-state index contributed by atoms with van der Waals surface area (Å²) in [7, 11) is 0. The third-order valence-corrected chi connectivity index (χ3v) is 7.15. The van der Waals surface area contributed by atoms with Crippen LogP contribution in [0, 0.1) is 5.41 Å². The first-order valence-corrected chi connectivity index (χ1v) is 14.4. The minimum Gasteiger partial charge on any atom is -0.465 e. The van der Waals surface area contributed by atoms with Gasteiger partial charge < -0.3 is 4.74 Å². The Hall–Kier alpha value is -1.49. The highest BCUT2D eigenvalue weighted by molar-refractivity contribution is 9.11. The molecule has 2 rings (SSSR count). The molecule has 5 heteroatoms. The zero-order valence-electron chi connectivity index (χ0n) is 21.5. The van der Waals surface area contributed by atoms with E-state index in [0.717, 1.165) is 30.7 Å².